The van der Waals surface area contributed by atoms with Crippen LogP contribution < -0.4 is 10.5 Å². The Labute approximate surface area is 140 Å². The van der Waals surface area contributed by atoms with E-state index in [-0.39, 0.29) is 6.10 Å². The molecule has 0 amide bonds. The highest BCUT2D eigenvalue weighted by Crippen LogP contribution is 2.38. The average Bonchev–Trinajstić information content (AvgIpc) is 3.06. The molecule has 2 aromatic carbocycles. The molecule has 0 saturated heterocycles. The molecule has 1 heterocycles. The van der Waals surface area contributed by atoms with Crippen molar-refractivity contribution in [1.29, 1.82) is 0 Å². The number of fused-ring (bicyclic) bond motifs is 1. The van der Waals surface area contributed by atoms with Crippen LogP contribution in [0.4, 0.5) is 0 Å². The SMILES string of the molecule is CC(OC=O)c1c[nH]c2c(-c3ccccc3)ccc(OCCN)c12. The van der Waals surface area contributed by atoms with E-state index in [1.807, 2.05) is 43.5 Å². The Hall–Kier alpha value is -2.79. The summed E-state index contributed by atoms with van der Waals surface area (Å²) in [6.45, 7) is 3.15. The molecule has 1 unspecified atom stereocenters. The second kappa shape index (κ2) is 7.19. The van der Waals surface area contributed by atoms with E-state index in [0.29, 0.717) is 19.6 Å². The zero-order valence-corrected chi connectivity index (χ0v) is 13.5. The van der Waals surface area contributed by atoms with Crippen LogP contribution in [-0.4, -0.2) is 24.6 Å². The van der Waals surface area contributed by atoms with Gasteiger partial charge in [-0.2, -0.15) is 0 Å². The first-order chi connectivity index (χ1) is 11.8. The summed E-state index contributed by atoms with van der Waals surface area (Å²) in [6.07, 6.45) is 1.49. The lowest BCUT2D eigenvalue weighted by Gasteiger charge is -2.13. The molecule has 0 bridgehead atoms. The van der Waals surface area contributed by atoms with Crippen LogP contribution in [0.3, 0.4) is 0 Å². The third-order valence-electron chi connectivity index (χ3n) is 3.99. The number of carbonyl (C=O) groups is 1. The van der Waals surface area contributed by atoms with E-state index in [2.05, 4.69) is 17.1 Å². The lowest BCUT2D eigenvalue weighted by Crippen LogP contribution is -2.11. The van der Waals surface area contributed by atoms with Gasteiger partial charge < -0.3 is 20.2 Å². The number of hydrogen-bond acceptors (Lipinski definition) is 4. The third-order valence-corrected chi connectivity index (χ3v) is 3.99. The zero-order valence-electron chi connectivity index (χ0n) is 13.5. The van der Waals surface area contributed by atoms with Crippen molar-refractivity contribution in [3.63, 3.8) is 0 Å². The summed E-state index contributed by atoms with van der Waals surface area (Å²) in [5.41, 5.74) is 9.55. The highest BCUT2D eigenvalue weighted by atomic mass is 16.5. The van der Waals surface area contributed by atoms with Crippen LogP contribution >= 0.6 is 0 Å². The summed E-state index contributed by atoms with van der Waals surface area (Å²) in [7, 11) is 0. The van der Waals surface area contributed by atoms with E-state index in [1.165, 1.54) is 0 Å². The summed E-state index contributed by atoms with van der Waals surface area (Å²) in [6, 6.07) is 14.1. The van der Waals surface area contributed by atoms with Gasteiger partial charge in [-0.3, -0.25) is 4.79 Å². The van der Waals surface area contributed by atoms with Gasteiger partial charge in [-0.1, -0.05) is 30.3 Å². The van der Waals surface area contributed by atoms with Gasteiger partial charge in [-0.15, -0.1) is 0 Å². The minimum atomic E-state index is -0.373. The molecule has 5 heteroatoms. The number of rotatable bonds is 7. The van der Waals surface area contributed by atoms with Crippen LogP contribution in [0, 0.1) is 0 Å². The maximum Gasteiger partial charge on any atom is 0.293 e. The van der Waals surface area contributed by atoms with Gasteiger partial charge in [-0.05, 0) is 24.6 Å². The minimum absolute atomic E-state index is 0.373. The zero-order chi connectivity index (χ0) is 16.9. The molecule has 1 aromatic heterocycles. The van der Waals surface area contributed by atoms with Crippen LogP contribution in [0.15, 0.2) is 48.7 Å². The summed E-state index contributed by atoms with van der Waals surface area (Å²) in [5.74, 6) is 0.729. The summed E-state index contributed by atoms with van der Waals surface area (Å²) < 4.78 is 10.9. The fraction of sp³-hybridized carbons (Fsp3) is 0.211. The fourth-order valence-electron chi connectivity index (χ4n) is 2.87. The van der Waals surface area contributed by atoms with Gasteiger partial charge >= 0.3 is 0 Å². The van der Waals surface area contributed by atoms with E-state index in [9.17, 15) is 4.79 Å². The van der Waals surface area contributed by atoms with E-state index >= 15 is 0 Å². The van der Waals surface area contributed by atoms with Crippen molar-refractivity contribution in [2.75, 3.05) is 13.2 Å². The van der Waals surface area contributed by atoms with Crippen LogP contribution in [-0.2, 0) is 9.53 Å². The first kappa shape index (κ1) is 16.1. The lowest BCUT2D eigenvalue weighted by atomic mass is 10.00. The maximum atomic E-state index is 10.7. The van der Waals surface area contributed by atoms with E-state index in [4.69, 9.17) is 15.2 Å². The smallest absolute Gasteiger partial charge is 0.293 e. The second-order valence-corrected chi connectivity index (χ2v) is 5.48. The molecule has 0 aliphatic carbocycles. The first-order valence-electron chi connectivity index (χ1n) is 7.87. The molecule has 124 valence electrons. The quantitative estimate of drug-likeness (QED) is 0.653. The Kier molecular flexibility index (Phi) is 4.82. The number of aromatic nitrogens is 1. The molecule has 0 aliphatic rings. The Bertz CT molecular complexity index is 827. The van der Waals surface area contributed by atoms with Crippen LogP contribution in [0.25, 0.3) is 22.0 Å². The monoisotopic (exact) mass is 324 g/mol. The Morgan fingerprint density at radius 1 is 1.21 bits per heavy atom. The standard InChI is InChI=1S/C19H20N2O3/c1-13(24-12-22)16-11-21-19-15(14-5-3-2-4-6-14)7-8-17(18(16)19)23-10-9-20/h2-8,11-13,21H,9-10,20H2,1H3. The lowest BCUT2D eigenvalue weighted by molar-refractivity contribution is -0.133. The van der Waals surface area contributed by atoms with Crippen molar-refractivity contribution in [2.24, 2.45) is 5.73 Å². The number of benzene rings is 2. The average molecular weight is 324 g/mol. The third kappa shape index (κ3) is 2.98. The Balaban J connectivity index is 2.18. The van der Waals surface area contributed by atoms with E-state index < -0.39 is 0 Å². The van der Waals surface area contributed by atoms with Crippen molar-refractivity contribution < 1.29 is 14.3 Å². The number of hydrogen-bond donors (Lipinski definition) is 2. The maximum absolute atomic E-state index is 10.7. The van der Waals surface area contributed by atoms with Gasteiger partial charge in [-0.25, -0.2) is 0 Å². The van der Waals surface area contributed by atoms with Crippen molar-refractivity contribution >= 4 is 17.4 Å². The largest absolute Gasteiger partial charge is 0.492 e. The van der Waals surface area contributed by atoms with Crippen molar-refractivity contribution in [1.82, 2.24) is 4.98 Å². The Morgan fingerprint density at radius 3 is 2.71 bits per heavy atom. The number of carbonyl (C=O) groups excluding carboxylic acids is 1. The van der Waals surface area contributed by atoms with Gasteiger partial charge in [0.1, 0.15) is 18.5 Å². The molecule has 3 aromatic rings. The molecule has 1 atom stereocenters. The minimum Gasteiger partial charge on any atom is -0.492 e. The highest BCUT2D eigenvalue weighted by Gasteiger charge is 2.19. The van der Waals surface area contributed by atoms with Crippen molar-refractivity contribution in [3.05, 3.63) is 54.2 Å². The molecule has 3 N–H and O–H groups in total. The summed E-state index contributed by atoms with van der Waals surface area (Å²) in [4.78, 5) is 14.0. The number of aromatic amines is 1. The molecule has 0 radical (unpaired) electrons. The fourth-order valence-corrected chi connectivity index (χ4v) is 2.87. The molecule has 0 aliphatic heterocycles. The van der Waals surface area contributed by atoms with E-state index in [1.54, 1.807) is 0 Å². The summed E-state index contributed by atoms with van der Waals surface area (Å²) in [5, 5.41) is 0.916. The number of H-pyrrole nitrogens is 1. The predicted molar refractivity (Wildman–Crippen MR) is 93.8 cm³/mol. The van der Waals surface area contributed by atoms with E-state index in [0.717, 1.165) is 33.3 Å². The first-order valence-corrected chi connectivity index (χ1v) is 7.87. The number of nitrogens with two attached hydrogens (primary N) is 1. The topological polar surface area (TPSA) is 77.3 Å². The van der Waals surface area contributed by atoms with Crippen molar-refractivity contribution in [2.45, 2.75) is 13.0 Å². The van der Waals surface area contributed by atoms with Gasteiger partial charge in [0.05, 0.1) is 5.52 Å². The molecule has 3 rings (SSSR count). The molecule has 24 heavy (non-hydrogen) atoms. The van der Waals surface area contributed by atoms with Gasteiger partial charge in [0.15, 0.2) is 0 Å². The molecule has 0 spiro atoms. The number of ether oxygens (including phenoxy) is 2. The normalized spacial score (nSPS) is 12.1. The van der Waals surface area contributed by atoms with Crippen LogP contribution in [0.5, 0.6) is 5.75 Å². The molecule has 0 fully saturated rings. The van der Waals surface area contributed by atoms with Gasteiger partial charge in [0.25, 0.3) is 6.47 Å². The summed E-state index contributed by atoms with van der Waals surface area (Å²) >= 11 is 0. The van der Waals surface area contributed by atoms with Crippen molar-refractivity contribution in [3.8, 4) is 16.9 Å². The van der Waals surface area contributed by atoms with Crippen LogP contribution in [0.2, 0.25) is 0 Å². The van der Waals surface area contributed by atoms with Gasteiger partial charge in [0, 0.05) is 29.3 Å². The number of nitrogens with one attached hydrogen (secondary N) is 1. The highest BCUT2D eigenvalue weighted by molar-refractivity contribution is 6.00. The predicted octanol–water partition coefficient (Wildman–Crippen LogP) is 3.41. The molecule has 0 saturated carbocycles. The van der Waals surface area contributed by atoms with Crippen LogP contribution in [0.1, 0.15) is 18.6 Å². The molecular formula is C19H20N2O3. The Morgan fingerprint density at radius 2 is 2.00 bits per heavy atom. The molecular weight excluding hydrogens is 304 g/mol. The second-order valence-electron chi connectivity index (χ2n) is 5.48. The van der Waals surface area contributed by atoms with Gasteiger partial charge in [0.2, 0.25) is 0 Å². The molecule has 5 nitrogen and oxygen atoms in total.